The number of hydrogen-bond acceptors (Lipinski definition) is 1. The quantitative estimate of drug-likeness (QED) is 0.768. The van der Waals surface area contributed by atoms with Gasteiger partial charge in [-0.2, -0.15) is 0 Å². The summed E-state index contributed by atoms with van der Waals surface area (Å²) < 4.78 is 2.43. The molecule has 114 valence electrons. The minimum Gasteiger partial charge on any atom is -0.340 e. The van der Waals surface area contributed by atoms with Crippen LogP contribution in [0.3, 0.4) is 0 Å². The van der Waals surface area contributed by atoms with Crippen LogP contribution in [-0.2, 0) is 13.0 Å². The molecule has 0 spiro atoms. The molecule has 1 aromatic heterocycles. The van der Waals surface area contributed by atoms with Crippen LogP contribution in [0, 0.1) is 13.8 Å². The maximum atomic E-state index is 6.07. The molecule has 1 unspecified atom stereocenters. The van der Waals surface area contributed by atoms with E-state index in [4.69, 9.17) is 5.73 Å². The second kappa shape index (κ2) is 5.98. The molecule has 0 saturated heterocycles. The topological polar surface area (TPSA) is 30.9 Å². The Morgan fingerprint density at radius 2 is 1.77 bits per heavy atom. The fourth-order valence-corrected chi connectivity index (χ4v) is 3.21. The number of nitrogens with two attached hydrogens (primary N) is 1. The van der Waals surface area contributed by atoms with E-state index in [1.807, 2.05) is 0 Å². The van der Waals surface area contributed by atoms with E-state index >= 15 is 0 Å². The minimum atomic E-state index is 0.177. The molecule has 0 amide bonds. The van der Waals surface area contributed by atoms with Crippen LogP contribution in [0.15, 0.2) is 48.5 Å². The van der Waals surface area contributed by atoms with Gasteiger partial charge in [0.05, 0.1) is 0 Å². The van der Waals surface area contributed by atoms with E-state index in [9.17, 15) is 0 Å². The molecule has 0 fully saturated rings. The SMILES string of the molecule is Cc1ccc2c(CC(C)N)c(C)n(Cc3ccccc3)c2c1. The zero-order valence-electron chi connectivity index (χ0n) is 13.6. The van der Waals surface area contributed by atoms with E-state index in [0.29, 0.717) is 0 Å². The summed E-state index contributed by atoms with van der Waals surface area (Å²) in [5.74, 6) is 0. The summed E-state index contributed by atoms with van der Waals surface area (Å²) in [6.45, 7) is 7.36. The summed E-state index contributed by atoms with van der Waals surface area (Å²) in [6.07, 6.45) is 0.924. The molecule has 0 aliphatic carbocycles. The molecule has 22 heavy (non-hydrogen) atoms. The standard InChI is InChI=1S/C20H24N2/c1-14-9-10-18-19(12-15(2)21)16(3)22(20(18)11-14)13-17-7-5-4-6-8-17/h4-11,15H,12-13,21H2,1-3H3. The number of hydrogen-bond donors (Lipinski definition) is 1. The molecule has 3 aromatic rings. The van der Waals surface area contributed by atoms with Gasteiger partial charge in [-0.15, -0.1) is 0 Å². The lowest BCUT2D eigenvalue weighted by molar-refractivity contribution is 0.724. The number of nitrogens with zero attached hydrogens (tertiary/aromatic N) is 1. The third-order valence-corrected chi connectivity index (χ3v) is 4.32. The van der Waals surface area contributed by atoms with Crippen molar-refractivity contribution < 1.29 is 0 Å². The van der Waals surface area contributed by atoms with Crippen LogP contribution >= 0.6 is 0 Å². The highest BCUT2D eigenvalue weighted by atomic mass is 15.0. The van der Waals surface area contributed by atoms with Gasteiger partial charge in [-0.3, -0.25) is 0 Å². The molecule has 1 atom stereocenters. The smallest absolute Gasteiger partial charge is 0.0491 e. The Kier molecular flexibility index (Phi) is 4.04. The average Bonchev–Trinajstić information content (AvgIpc) is 2.73. The third-order valence-electron chi connectivity index (χ3n) is 4.32. The van der Waals surface area contributed by atoms with Gasteiger partial charge in [0.1, 0.15) is 0 Å². The molecule has 0 aliphatic rings. The van der Waals surface area contributed by atoms with Crippen molar-refractivity contribution in [1.82, 2.24) is 4.57 Å². The van der Waals surface area contributed by atoms with Crippen molar-refractivity contribution in [2.45, 2.75) is 39.8 Å². The molecular weight excluding hydrogens is 268 g/mol. The van der Waals surface area contributed by atoms with E-state index in [0.717, 1.165) is 13.0 Å². The zero-order valence-corrected chi connectivity index (χ0v) is 13.6. The first-order valence-corrected chi connectivity index (χ1v) is 7.94. The second-order valence-electron chi connectivity index (χ2n) is 6.34. The zero-order chi connectivity index (χ0) is 15.7. The lowest BCUT2D eigenvalue weighted by atomic mass is 10.0. The largest absolute Gasteiger partial charge is 0.340 e. The van der Waals surface area contributed by atoms with Gasteiger partial charge in [-0.1, -0.05) is 42.5 Å². The Morgan fingerprint density at radius 1 is 1.05 bits per heavy atom. The third kappa shape index (κ3) is 2.79. The van der Waals surface area contributed by atoms with Gasteiger partial charge in [0.2, 0.25) is 0 Å². The lowest BCUT2D eigenvalue weighted by Crippen LogP contribution is -2.18. The number of aromatic nitrogens is 1. The predicted octanol–water partition coefficient (Wildman–Crippen LogP) is 4.20. The molecule has 2 aromatic carbocycles. The Bertz CT molecular complexity index is 782. The van der Waals surface area contributed by atoms with Crippen LogP contribution in [0.2, 0.25) is 0 Å². The first-order valence-electron chi connectivity index (χ1n) is 7.94. The number of rotatable bonds is 4. The molecule has 0 bridgehead atoms. The van der Waals surface area contributed by atoms with Gasteiger partial charge < -0.3 is 10.3 Å². The number of aryl methyl sites for hydroxylation is 1. The van der Waals surface area contributed by atoms with Crippen molar-refractivity contribution >= 4 is 10.9 Å². The maximum Gasteiger partial charge on any atom is 0.0491 e. The van der Waals surface area contributed by atoms with Crippen LogP contribution in [0.4, 0.5) is 0 Å². The molecule has 2 N–H and O–H groups in total. The fraction of sp³-hybridized carbons (Fsp3) is 0.300. The van der Waals surface area contributed by atoms with Crippen LogP contribution in [0.5, 0.6) is 0 Å². The van der Waals surface area contributed by atoms with Gasteiger partial charge in [-0.25, -0.2) is 0 Å². The predicted molar refractivity (Wildman–Crippen MR) is 94.3 cm³/mol. The normalized spacial score (nSPS) is 12.7. The van der Waals surface area contributed by atoms with Crippen LogP contribution in [0.1, 0.15) is 29.3 Å². The Hall–Kier alpha value is -2.06. The van der Waals surface area contributed by atoms with Crippen molar-refractivity contribution in [3.05, 3.63) is 70.9 Å². The van der Waals surface area contributed by atoms with E-state index < -0.39 is 0 Å². The van der Waals surface area contributed by atoms with E-state index in [1.165, 1.54) is 33.3 Å². The molecule has 3 rings (SSSR count). The summed E-state index contributed by atoms with van der Waals surface area (Å²) in [5.41, 5.74) is 12.7. The highest BCUT2D eigenvalue weighted by Gasteiger charge is 2.15. The van der Waals surface area contributed by atoms with Crippen molar-refractivity contribution in [3.63, 3.8) is 0 Å². The monoisotopic (exact) mass is 292 g/mol. The minimum absolute atomic E-state index is 0.177. The van der Waals surface area contributed by atoms with Gasteiger partial charge in [0.25, 0.3) is 0 Å². The summed E-state index contributed by atoms with van der Waals surface area (Å²) in [7, 11) is 0. The maximum absolute atomic E-state index is 6.07. The summed E-state index contributed by atoms with van der Waals surface area (Å²) in [5, 5.41) is 1.34. The first kappa shape index (κ1) is 14.9. The van der Waals surface area contributed by atoms with Gasteiger partial charge in [-0.05, 0) is 49.9 Å². The Balaban J connectivity index is 2.15. The fourth-order valence-electron chi connectivity index (χ4n) is 3.21. The molecule has 2 nitrogen and oxygen atoms in total. The van der Waals surface area contributed by atoms with Crippen LogP contribution < -0.4 is 5.73 Å². The molecule has 1 heterocycles. The van der Waals surface area contributed by atoms with Crippen LogP contribution in [0.25, 0.3) is 10.9 Å². The van der Waals surface area contributed by atoms with Gasteiger partial charge in [0.15, 0.2) is 0 Å². The lowest BCUT2D eigenvalue weighted by Gasteiger charge is -2.10. The highest BCUT2D eigenvalue weighted by Crippen LogP contribution is 2.28. The van der Waals surface area contributed by atoms with E-state index in [1.54, 1.807) is 0 Å². The van der Waals surface area contributed by atoms with Crippen molar-refractivity contribution in [2.24, 2.45) is 5.73 Å². The van der Waals surface area contributed by atoms with Gasteiger partial charge >= 0.3 is 0 Å². The highest BCUT2D eigenvalue weighted by molar-refractivity contribution is 5.86. The van der Waals surface area contributed by atoms with E-state index in [2.05, 4.69) is 73.9 Å². The van der Waals surface area contributed by atoms with Crippen molar-refractivity contribution in [1.29, 1.82) is 0 Å². The van der Waals surface area contributed by atoms with Gasteiger partial charge in [0, 0.05) is 29.2 Å². The van der Waals surface area contributed by atoms with Crippen molar-refractivity contribution in [2.75, 3.05) is 0 Å². The Labute approximate surface area is 132 Å². The summed E-state index contributed by atoms with van der Waals surface area (Å²) in [6, 6.07) is 17.5. The molecule has 0 radical (unpaired) electrons. The van der Waals surface area contributed by atoms with E-state index in [-0.39, 0.29) is 6.04 Å². The molecular formula is C20H24N2. The molecule has 2 heteroatoms. The van der Waals surface area contributed by atoms with Crippen LogP contribution in [-0.4, -0.2) is 10.6 Å². The van der Waals surface area contributed by atoms with Crippen molar-refractivity contribution in [3.8, 4) is 0 Å². The first-order chi connectivity index (χ1) is 10.6. The summed E-state index contributed by atoms with van der Waals surface area (Å²) in [4.78, 5) is 0. The second-order valence-corrected chi connectivity index (χ2v) is 6.34. The molecule has 0 aliphatic heterocycles. The summed E-state index contributed by atoms with van der Waals surface area (Å²) >= 11 is 0. The number of benzene rings is 2. The Morgan fingerprint density at radius 3 is 2.45 bits per heavy atom. The average molecular weight is 292 g/mol. The number of fused-ring (bicyclic) bond motifs is 1. The molecule has 0 saturated carbocycles.